The maximum atomic E-state index is 14.9. The third kappa shape index (κ3) is 4.32. The number of benzene rings is 2. The Hall–Kier alpha value is -3.10. The smallest absolute Gasteiger partial charge is 0.337 e. The number of halogens is 8. The van der Waals surface area contributed by atoms with Gasteiger partial charge in [-0.2, -0.15) is 31.2 Å². The monoisotopic (exact) mass is 624 g/mol. The van der Waals surface area contributed by atoms with Crippen LogP contribution in [0, 0.1) is 16.6 Å². The van der Waals surface area contributed by atoms with Gasteiger partial charge in [-0.15, -0.1) is 0 Å². The van der Waals surface area contributed by atoms with Crippen molar-refractivity contribution in [2.45, 2.75) is 78.3 Å². The highest BCUT2D eigenvalue weighted by atomic mass is 32.2. The van der Waals surface area contributed by atoms with Gasteiger partial charge in [-0.25, -0.2) is 17.2 Å². The Morgan fingerprint density at radius 1 is 0.952 bits per heavy atom. The van der Waals surface area contributed by atoms with Crippen molar-refractivity contribution in [3.8, 4) is 0 Å². The fraction of sp³-hybridized carbons (Fsp3) is 0.519. The molecule has 0 aromatic heterocycles. The van der Waals surface area contributed by atoms with E-state index in [0.717, 1.165) is 30.3 Å². The number of nitroso groups, excluding NO2 is 1. The van der Waals surface area contributed by atoms with E-state index in [1.807, 2.05) is 0 Å². The Morgan fingerprint density at radius 3 is 2.24 bits per heavy atom. The van der Waals surface area contributed by atoms with Crippen LogP contribution in [-0.4, -0.2) is 50.2 Å². The van der Waals surface area contributed by atoms with Crippen molar-refractivity contribution < 1.29 is 48.3 Å². The van der Waals surface area contributed by atoms with E-state index in [1.165, 1.54) is 4.90 Å². The zero-order valence-electron chi connectivity index (χ0n) is 21.7. The second-order valence-corrected chi connectivity index (χ2v) is 13.2. The minimum absolute atomic E-state index is 0.132. The summed E-state index contributed by atoms with van der Waals surface area (Å²) in [4.78, 5) is 25.4. The van der Waals surface area contributed by atoms with Crippen LogP contribution in [0.25, 0.3) is 0 Å². The number of alkyl halides is 7. The molecular formula is C27H24F8N2O4S. The van der Waals surface area contributed by atoms with E-state index in [0.29, 0.717) is 18.9 Å². The van der Waals surface area contributed by atoms with Crippen LogP contribution in [0.1, 0.15) is 48.8 Å². The molecule has 0 radical (unpaired) electrons. The lowest BCUT2D eigenvalue weighted by molar-refractivity contribution is -0.348. The van der Waals surface area contributed by atoms with Crippen LogP contribution in [0.4, 0.5) is 35.1 Å². The van der Waals surface area contributed by atoms with Gasteiger partial charge in [0.2, 0.25) is 5.91 Å². The van der Waals surface area contributed by atoms with Crippen molar-refractivity contribution in [1.29, 1.82) is 0 Å². The number of aryl methyl sites for hydroxylation is 1. The Labute approximate surface area is 235 Å². The zero-order valence-corrected chi connectivity index (χ0v) is 22.5. The lowest BCUT2D eigenvalue weighted by Crippen LogP contribution is -2.53. The van der Waals surface area contributed by atoms with E-state index < -0.39 is 72.8 Å². The Morgan fingerprint density at radius 2 is 1.64 bits per heavy atom. The fourth-order valence-corrected chi connectivity index (χ4v) is 9.25. The summed E-state index contributed by atoms with van der Waals surface area (Å²) >= 11 is 0. The minimum atomic E-state index is -6.37. The molecule has 0 N–H and O–H groups in total. The summed E-state index contributed by atoms with van der Waals surface area (Å²) in [6.07, 6.45) is -12.6. The van der Waals surface area contributed by atoms with E-state index in [-0.39, 0.29) is 49.4 Å². The lowest BCUT2D eigenvalue weighted by atomic mass is 9.76. The summed E-state index contributed by atoms with van der Waals surface area (Å²) in [5.41, 5.74) is -7.89. The van der Waals surface area contributed by atoms with Crippen LogP contribution >= 0.6 is 0 Å². The molecule has 5 rings (SSSR count). The van der Waals surface area contributed by atoms with Crippen LogP contribution < -0.4 is 0 Å². The zero-order chi connectivity index (χ0) is 30.9. The first-order valence-corrected chi connectivity index (χ1v) is 14.6. The quantitative estimate of drug-likeness (QED) is 0.290. The van der Waals surface area contributed by atoms with Crippen molar-refractivity contribution in [3.63, 3.8) is 0 Å². The maximum absolute atomic E-state index is 14.9. The highest BCUT2D eigenvalue weighted by molar-refractivity contribution is 7.92. The van der Waals surface area contributed by atoms with E-state index >= 15 is 0 Å². The number of sulfone groups is 1. The van der Waals surface area contributed by atoms with Crippen molar-refractivity contribution in [2.75, 3.05) is 6.54 Å². The third-order valence-corrected chi connectivity index (χ3v) is 11.4. The third-order valence-electron chi connectivity index (χ3n) is 8.84. The van der Waals surface area contributed by atoms with Gasteiger partial charge in [0.05, 0.1) is 17.0 Å². The molecule has 2 fully saturated rings. The number of amides is 1. The molecule has 3 aliphatic rings. The van der Waals surface area contributed by atoms with E-state index in [4.69, 9.17) is 0 Å². The maximum Gasteiger partial charge on any atom is 0.435 e. The lowest BCUT2D eigenvalue weighted by Gasteiger charge is -2.43. The molecule has 0 bridgehead atoms. The summed E-state index contributed by atoms with van der Waals surface area (Å²) in [7, 11) is -4.65. The molecule has 2 aliphatic carbocycles. The van der Waals surface area contributed by atoms with Gasteiger partial charge in [-0.05, 0) is 67.9 Å². The molecule has 2 aromatic carbocycles. The molecule has 6 nitrogen and oxygen atoms in total. The summed E-state index contributed by atoms with van der Waals surface area (Å²) in [6, 6.07) is 3.68. The molecule has 2 aromatic rings. The second kappa shape index (κ2) is 9.98. The normalized spacial score (nSPS) is 26.6. The molecule has 1 saturated heterocycles. The largest absolute Gasteiger partial charge is 0.435 e. The molecule has 1 heterocycles. The first kappa shape index (κ1) is 30.4. The minimum Gasteiger partial charge on any atom is -0.337 e. The summed E-state index contributed by atoms with van der Waals surface area (Å²) in [5.74, 6) is -1.98. The van der Waals surface area contributed by atoms with Gasteiger partial charge in [0, 0.05) is 18.0 Å². The molecule has 42 heavy (non-hydrogen) atoms. The molecule has 228 valence electrons. The summed E-state index contributed by atoms with van der Waals surface area (Å²) in [6.45, 7) is -0.132. The second-order valence-electron chi connectivity index (χ2n) is 11.0. The van der Waals surface area contributed by atoms with Gasteiger partial charge in [0.15, 0.2) is 9.84 Å². The first-order chi connectivity index (χ1) is 19.5. The number of hydrogen-bond acceptors (Lipinski definition) is 5. The van der Waals surface area contributed by atoms with E-state index in [2.05, 4.69) is 5.18 Å². The van der Waals surface area contributed by atoms with Crippen molar-refractivity contribution in [3.05, 3.63) is 69.9 Å². The van der Waals surface area contributed by atoms with Gasteiger partial charge < -0.3 is 4.90 Å². The van der Waals surface area contributed by atoms with Crippen LogP contribution in [0.2, 0.25) is 0 Å². The number of rotatable bonds is 5. The Kier molecular flexibility index (Phi) is 7.22. The van der Waals surface area contributed by atoms with Crippen LogP contribution in [0.15, 0.2) is 52.5 Å². The van der Waals surface area contributed by atoms with Crippen LogP contribution in [0.5, 0.6) is 0 Å². The fourth-order valence-electron chi connectivity index (χ4n) is 6.85. The summed E-state index contributed by atoms with van der Waals surface area (Å²) in [5, 5.41) is 2.98. The molecule has 1 aliphatic heterocycles. The number of likely N-dealkylation sites (tertiary alicyclic amines) is 1. The van der Waals surface area contributed by atoms with E-state index in [9.17, 15) is 53.2 Å². The van der Waals surface area contributed by atoms with Gasteiger partial charge in [-0.1, -0.05) is 29.4 Å². The molecular weight excluding hydrogens is 600 g/mol. The number of carbonyl (C=O) groups excluding carboxylic acids is 1. The highest BCUT2D eigenvalue weighted by Gasteiger charge is 2.74. The van der Waals surface area contributed by atoms with Crippen molar-refractivity contribution in [2.24, 2.45) is 11.1 Å². The van der Waals surface area contributed by atoms with Crippen LogP contribution in [0.3, 0.4) is 0 Å². The van der Waals surface area contributed by atoms with Crippen molar-refractivity contribution in [1.82, 2.24) is 4.90 Å². The predicted molar refractivity (Wildman–Crippen MR) is 132 cm³/mol. The topological polar surface area (TPSA) is 83.9 Å². The number of hydrogen-bond donors (Lipinski definition) is 0. The molecule has 0 spiro atoms. The van der Waals surface area contributed by atoms with Crippen molar-refractivity contribution >= 4 is 15.7 Å². The van der Waals surface area contributed by atoms with Gasteiger partial charge in [0.1, 0.15) is 10.6 Å². The molecule has 15 heteroatoms. The molecule has 3 unspecified atom stereocenters. The number of carbonyl (C=O) groups is 1. The van der Waals surface area contributed by atoms with Gasteiger partial charge >= 0.3 is 18.0 Å². The summed E-state index contributed by atoms with van der Waals surface area (Å²) < 4.78 is 137. The number of fused-ring (bicyclic) bond motifs is 3. The Balaban J connectivity index is 1.67. The van der Waals surface area contributed by atoms with E-state index in [1.54, 1.807) is 0 Å². The molecule has 4 atom stereocenters. The average Bonchev–Trinajstić information content (AvgIpc) is 3.57. The SMILES string of the molecule is O=NC1CC[C@H](C(=O)N2CCC3(S(=O)(=O)c4cccc(F)c4)c4ccc(C(F)(C(F)(F)F)C(F)(F)F)cc4CCC23)C1. The number of nitrogens with zero attached hydrogens (tertiary/aromatic N) is 2. The van der Waals surface area contributed by atoms with Gasteiger partial charge in [0.25, 0.3) is 0 Å². The first-order valence-electron chi connectivity index (χ1n) is 13.1. The molecule has 1 saturated carbocycles. The van der Waals surface area contributed by atoms with Gasteiger partial charge in [-0.3, -0.25) is 4.79 Å². The Bertz CT molecular complexity index is 1510. The predicted octanol–water partition coefficient (Wildman–Crippen LogP) is 6.27. The molecule has 1 amide bonds. The standard InChI is InChI=1S/C27H24F8N2O4S/c28-18-2-1-3-20(14-18)42(40,41)24-10-11-37(23(38)16-4-7-19(13-16)36-39)22(24)9-5-15-12-17(6-8-21(15)24)25(29,26(30,31)32)27(33,34)35/h1-3,6,8,12,14,16,19,22H,4-5,7,9-11,13H2/t16-,19?,22?,24?/m0/s1. The van der Waals surface area contributed by atoms with Crippen LogP contribution in [-0.2, 0) is 31.5 Å². The average molecular weight is 625 g/mol. The highest BCUT2D eigenvalue weighted by Crippen LogP contribution is 2.57.